The number of methoxy groups -OCH3 is 1. The van der Waals surface area contributed by atoms with Gasteiger partial charge in [0.05, 0.1) is 30.7 Å². The van der Waals surface area contributed by atoms with Gasteiger partial charge in [-0.15, -0.1) is 0 Å². The number of hydrogen-bond donors (Lipinski definition) is 2. The summed E-state index contributed by atoms with van der Waals surface area (Å²) in [5, 5.41) is 8.34. The molecule has 0 amide bonds. The van der Waals surface area contributed by atoms with Crippen LogP contribution in [0, 0.1) is 5.82 Å². The van der Waals surface area contributed by atoms with E-state index in [0.717, 1.165) is 28.6 Å². The third kappa shape index (κ3) is 4.87. The van der Waals surface area contributed by atoms with Crippen molar-refractivity contribution in [3.05, 3.63) is 67.0 Å². The highest BCUT2D eigenvalue weighted by Gasteiger charge is 2.18. The third-order valence-electron chi connectivity index (χ3n) is 6.29. The Hall–Kier alpha value is -4.90. The molecule has 0 aliphatic carbocycles. The first kappa shape index (κ1) is 24.4. The van der Waals surface area contributed by atoms with Crippen LogP contribution in [0.3, 0.4) is 0 Å². The maximum Gasteiger partial charge on any atom is 0.160 e. The van der Waals surface area contributed by atoms with Gasteiger partial charge >= 0.3 is 0 Å². The molecule has 0 aliphatic rings. The Morgan fingerprint density at radius 2 is 1.85 bits per heavy atom. The predicted molar refractivity (Wildman–Crippen MR) is 146 cm³/mol. The van der Waals surface area contributed by atoms with Gasteiger partial charge in [0.2, 0.25) is 0 Å². The van der Waals surface area contributed by atoms with Gasteiger partial charge in [-0.3, -0.25) is 15.1 Å². The van der Waals surface area contributed by atoms with Gasteiger partial charge in [-0.25, -0.2) is 14.4 Å². The monoisotopic (exact) mass is 524 g/mol. The molecule has 5 aromatic heterocycles. The Morgan fingerprint density at radius 3 is 2.69 bits per heavy atom. The van der Waals surface area contributed by atoms with Gasteiger partial charge in [0.25, 0.3) is 0 Å². The SMILES string of the molecule is COc1cncc(-c2cc3c(-c4nc5c(-c6cc(F)cc(OCCN(C)C)c6)ccnc5[nH]4)n[nH]c3cn2)c1. The van der Waals surface area contributed by atoms with Crippen molar-refractivity contribution in [2.75, 3.05) is 34.4 Å². The van der Waals surface area contributed by atoms with E-state index in [9.17, 15) is 4.39 Å². The lowest BCUT2D eigenvalue weighted by Gasteiger charge is -2.12. The number of likely N-dealkylation sites (N-methyl/N-ethyl adjacent to an activating group) is 1. The van der Waals surface area contributed by atoms with Crippen LogP contribution in [0.2, 0.25) is 0 Å². The van der Waals surface area contributed by atoms with E-state index < -0.39 is 5.82 Å². The Kier molecular flexibility index (Phi) is 6.33. The summed E-state index contributed by atoms with van der Waals surface area (Å²) in [6, 6.07) is 10.3. The summed E-state index contributed by atoms with van der Waals surface area (Å²) < 4.78 is 25.7. The number of benzene rings is 1. The van der Waals surface area contributed by atoms with Crippen molar-refractivity contribution in [1.29, 1.82) is 0 Å². The van der Waals surface area contributed by atoms with E-state index in [-0.39, 0.29) is 0 Å². The fourth-order valence-electron chi connectivity index (χ4n) is 4.33. The zero-order valence-corrected chi connectivity index (χ0v) is 21.6. The fraction of sp³-hybridized carbons (Fsp3) is 0.179. The van der Waals surface area contributed by atoms with Gasteiger partial charge in [0.15, 0.2) is 11.5 Å². The van der Waals surface area contributed by atoms with Gasteiger partial charge in [-0.1, -0.05) is 0 Å². The van der Waals surface area contributed by atoms with Gasteiger partial charge in [-0.05, 0) is 50.0 Å². The Balaban J connectivity index is 1.40. The molecule has 6 aromatic rings. The molecule has 6 rings (SSSR count). The van der Waals surface area contributed by atoms with Crippen LogP contribution in [0.4, 0.5) is 4.39 Å². The summed E-state index contributed by atoms with van der Waals surface area (Å²) in [5.41, 5.74) is 5.42. The van der Waals surface area contributed by atoms with E-state index in [4.69, 9.17) is 14.5 Å². The average molecular weight is 525 g/mol. The van der Waals surface area contributed by atoms with Crippen LogP contribution in [-0.2, 0) is 0 Å². The molecule has 39 heavy (non-hydrogen) atoms. The largest absolute Gasteiger partial charge is 0.495 e. The van der Waals surface area contributed by atoms with E-state index in [1.54, 1.807) is 31.9 Å². The molecule has 0 unspecified atom stereocenters. The van der Waals surface area contributed by atoms with Crippen LogP contribution < -0.4 is 9.47 Å². The summed E-state index contributed by atoms with van der Waals surface area (Å²) in [4.78, 5) is 23.3. The minimum absolute atomic E-state index is 0.390. The highest BCUT2D eigenvalue weighted by atomic mass is 19.1. The first-order valence-corrected chi connectivity index (χ1v) is 12.3. The first-order chi connectivity index (χ1) is 19.0. The van der Waals surface area contributed by atoms with Crippen molar-refractivity contribution in [1.82, 2.24) is 40.0 Å². The fourth-order valence-corrected chi connectivity index (χ4v) is 4.33. The molecular weight excluding hydrogens is 499 g/mol. The lowest BCUT2D eigenvalue weighted by atomic mass is 10.1. The highest BCUT2D eigenvalue weighted by Crippen LogP contribution is 2.33. The maximum atomic E-state index is 14.6. The van der Waals surface area contributed by atoms with Crippen LogP contribution in [0.5, 0.6) is 11.5 Å². The molecular formula is C28H25FN8O2. The van der Waals surface area contributed by atoms with E-state index in [2.05, 4.69) is 30.1 Å². The highest BCUT2D eigenvalue weighted by molar-refractivity contribution is 5.96. The summed E-state index contributed by atoms with van der Waals surface area (Å²) in [7, 11) is 5.51. The number of aromatic nitrogens is 7. The average Bonchev–Trinajstić information content (AvgIpc) is 3.56. The first-order valence-electron chi connectivity index (χ1n) is 12.3. The van der Waals surface area contributed by atoms with Crippen molar-refractivity contribution >= 4 is 22.1 Å². The number of pyridine rings is 3. The third-order valence-corrected chi connectivity index (χ3v) is 6.29. The molecule has 0 saturated carbocycles. The molecule has 5 heterocycles. The minimum Gasteiger partial charge on any atom is -0.495 e. The number of fused-ring (bicyclic) bond motifs is 2. The zero-order chi connectivity index (χ0) is 26.9. The lowest BCUT2D eigenvalue weighted by molar-refractivity contribution is 0.260. The number of rotatable bonds is 8. The van der Waals surface area contributed by atoms with Gasteiger partial charge in [-0.2, -0.15) is 5.10 Å². The smallest absolute Gasteiger partial charge is 0.160 e. The maximum absolute atomic E-state index is 14.6. The molecule has 0 atom stereocenters. The topological polar surface area (TPSA) is 118 Å². The second-order valence-corrected chi connectivity index (χ2v) is 9.27. The van der Waals surface area contributed by atoms with Crippen molar-refractivity contribution in [3.63, 3.8) is 0 Å². The van der Waals surface area contributed by atoms with Crippen LogP contribution >= 0.6 is 0 Å². The number of nitrogens with one attached hydrogen (secondary N) is 2. The molecule has 0 bridgehead atoms. The van der Waals surface area contributed by atoms with Crippen LogP contribution in [0.25, 0.3) is 56.0 Å². The molecule has 1 aromatic carbocycles. The number of aromatic amines is 2. The molecule has 196 valence electrons. The van der Waals surface area contributed by atoms with Crippen LogP contribution in [-0.4, -0.2) is 74.4 Å². The molecule has 0 radical (unpaired) electrons. The molecule has 11 heteroatoms. The van der Waals surface area contributed by atoms with Gasteiger partial charge in [0, 0.05) is 41.5 Å². The van der Waals surface area contributed by atoms with Gasteiger partial charge < -0.3 is 19.4 Å². The molecule has 0 fully saturated rings. The normalized spacial score (nSPS) is 11.5. The minimum atomic E-state index is -0.390. The van der Waals surface area contributed by atoms with E-state index in [1.807, 2.05) is 43.3 Å². The van der Waals surface area contributed by atoms with Crippen molar-refractivity contribution in [2.45, 2.75) is 0 Å². The summed E-state index contributed by atoms with van der Waals surface area (Å²) in [6.45, 7) is 1.17. The molecule has 0 saturated heterocycles. The zero-order valence-electron chi connectivity index (χ0n) is 21.6. The second kappa shape index (κ2) is 10.1. The standard InChI is InChI=1S/C28H25FN8O2/c1-37(2)6-7-39-19-9-16(8-18(29)11-19)21-4-5-31-27-25(21)33-28(34-27)26-22-12-23(32-15-24(22)35-36-26)17-10-20(38-3)14-30-13-17/h4-5,8-15H,6-7H2,1-3H3,(H,35,36)(H,31,33,34). The Morgan fingerprint density at radius 1 is 0.974 bits per heavy atom. The summed E-state index contributed by atoms with van der Waals surface area (Å²) in [6.07, 6.45) is 6.75. The summed E-state index contributed by atoms with van der Waals surface area (Å²) >= 11 is 0. The van der Waals surface area contributed by atoms with E-state index >= 15 is 0 Å². The van der Waals surface area contributed by atoms with Crippen molar-refractivity contribution < 1.29 is 13.9 Å². The quantitative estimate of drug-likeness (QED) is 0.294. The molecule has 2 N–H and O–H groups in total. The number of hydrogen-bond acceptors (Lipinski definition) is 8. The van der Waals surface area contributed by atoms with Crippen LogP contribution in [0.1, 0.15) is 0 Å². The molecule has 0 aliphatic heterocycles. The van der Waals surface area contributed by atoms with Crippen molar-refractivity contribution in [3.8, 4) is 45.4 Å². The van der Waals surface area contributed by atoms with Crippen LogP contribution in [0.15, 0.2) is 61.2 Å². The number of halogens is 1. The van der Waals surface area contributed by atoms with E-state index in [1.165, 1.54) is 12.1 Å². The predicted octanol–water partition coefficient (Wildman–Crippen LogP) is 4.71. The van der Waals surface area contributed by atoms with Gasteiger partial charge in [0.1, 0.15) is 35.1 Å². The number of nitrogens with zero attached hydrogens (tertiary/aromatic N) is 6. The Bertz CT molecular complexity index is 1800. The number of imidazole rings is 1. The second-order valence-electron chi connectivity index (χ2n) is 9.27. The van der Waals surface area contributed by atoms with Crippen molar-refractivity contribution in [2.24, 2.45) is 0 Å². The summed E-state index contributed by atoms with van der Waals surface area (Å²) in [5.74, 6) is 1.23. The number of H-pyrrole nitrogens is 2. The Labute approximate surface area is 222 Å². The molecule has 10 nitrogen and oxygen atoms in total. The van der Waals surface area contributed by atoms with E-state index in [0.29, 0.717) is 52.0 Å². The lowest BCUT2D eigenvalue weighted by Crippen LogP contribution is -2.19. The number of ether oxygens (including phenoxy) is 2. The molecule has 0 spiro atoms.